The minimum absolute atomic E-state index is 0.299. The van der Waals surface area contributed by atoms with Crippen LogP contribution in [0.2, 0.25) is 5.02 Å². The van der Waals surface area contributed by atoms with Gasteiger partial charge in [-0.25, -0.2) is 9.37 Å². The molecular formula is C23H16ClFN2O2. The summed E-state index contributed by atoms with van der Waals surface area (Å²) in [5, 5.41) is 3.43. The number of carbonyl (C=O) groups is 1. The van der Waals surface area contributed by atoms with Crippen molar-refractivity contribution in [2.75, 3.05) is 5.32 Å². The van der Waals surface area contributed by atoms with Gasteiger partial charge in [-0.3, -0.25) is 4.79 Å². The van der Waals surface area contributed by atoms with E-state index in [9.17, 15) is 9.18 Å². The van der Waals surface area contributed by atoms with Gasteiger partial charge in [0, 0.05) is 21.8 Å². The molecule has 1 aromatic heterocycles. The summed E-state index contributed by atoms with van der Waals surface area (Å²) in [6.45, 7) is 1.89. The summed E-state index contributed by atoms with van der Waals surface area (Å²) in [7, 11) is 0. The van der Waals surface area contributed by atoms with E-state index in [-0.39, 0.29) is 11.7 Å². The van der Waals surface area contributed by atoms with Crippen molar-refractivity contribution in [3.05, 3.63) is 94.9 Å². The molecule has 29 heavy (non-hydrogen) atoms. The van der Waals surface area contributed by atoms with Gasteiger partial charge in [0.1, 0.15) is 5.82 Å². The van der Waals surface area contributed by atoms with Crippen molar-refractivity contribution in [3.63, 3.8) is 0 Å². The number of nitrogens with zero attached hydrogens (tertiary/aromatic N) is 1. The second-order valence-corrected chi connectivity index (χ2v) is 6.93. The molecule has 0 aliphatic heterocycles. The van der Waals surface area contributed by atoms with Crippen LogP contribution in [-0.4, -0.2) is 10.9 Å². The number of halogens is 2. The van der Waals surface area contributed by atoms with E-state index in [4.69, 9.17) is 16.0 Å². The Kier molecular flexibility index (Phi) is 5.14. The van der Waals surface area contributed by atoms with Crippen molar-refractivity contribution in [1.82, 2.24) is 4.98 Å². The predicted octanol–water partition coefficient (Wildman–Crippen LogP) is 6.36. The Bertz CT molecular complexity index is 1190. The Balaban J connectivity index is 1.66. The first-order chi connectivity index (χ1) is 14.0. The van der Waals surface area contributed by atoms with E-state index < -0.39 is 0 Å². The highest BCUT2D eigenvalue weighted by Crippen LogP contribution is 2.29. The van der Waals surface area contributed by atoms with E-state index in [1.54, 1.807) is 54.7 Å². The van der Waals surface area contributed by atoms with Crippen LogP contribution < -0.4 is 5.32 Å². The largest absolute Gasteiger partial charge is 0.436 e. The molecule has 4 nitrogen and oxygen atoms in total. The second-order valence-electron chi connectivity index (χ2n) is 6.50. The molecule has 1 N–H and O–H groups in total. The van der Waals surface area contributed by atoms with Crippen LogP contribution in [-0.2, 0) is 0 Å². The predicted molar refractivity (Wildman–Crippen MR) is 111 cm³/mol. The number of aromatic nitrogens is 1. The fourth-order valence-corrected chi connectivity index (χ4v) is 3.10. The van der Waals surface area contributed by atoms with Crippen molar-refractivity contribution in [2.45, 2.75) is 6.92 Å². The molecular weight excluding hydrogens is 391 g/mol. The Labute approximate surface area is 172 Å². The summed E-state index contributed by atoms with van der Waals surface area (Å²) >= 11 is 6.04. The lowest BCUT2D eigenvalue weighted by atomic mass is 10.1. The van der Waals surface area contributed by atoms with E-state index in [1.807, 2.05) is 13.0 Å². The Morgan fingerprint density at radius 1 is 1.07 bits per heavy atom. The number of hydrogen-bond donors (Lipinski definition) is 1. The lowest BCUT2D eigenvalue weighted by Crippen LogP contribution is -2.14. The molecule has 6 heteroatoms. The highest BCUT2D eigenvalue weighted by atomic mass is 35.5. The summed E-state index contributed by atoms with van der Waals surface area (Å²) in [6.07, 6.45) is 1.55. The first-order valence-electron chi connectivity index (χ1n) is 8.90. The maximum absolute atomic E-state index is 13.1. The number of nitrogens with one attached hydrogen (secondary N) is 1. The van der Waals surface area contributed by atoms with Crippen LogP contribution in [0.25, 0.3) is 22.8 Å². The maximum Gasteiger partial charge on any atom is 0.256 e. The quantitative estimate of drug-likeness (QED) is 0.429. The van der Waals surface area contributed by atoms with Gasteiger partial charge in [-0.2, -0.15) is 0 Å². The molecule has 0 spiro atoms. The van der Waals surface area contributed by atoms with Gasteiger partial charge in [0.05, 0.1) is 11.8 Å². The summed E-state index contributed by atoms with van der Waals surface area (Å²) in [4.78, 5) is 17.2. The number of carbonyl (C=O) groups excluding carboxylic acids is 1. The van der Waals surface area contributed by atoms with E-state index >= 15 is 0 Å². The second kappa shape index (κ2) is 7.89. The smallest absolute Gasteiger partial charge is 0.256 e. The third-order valence-corrected chi connectivity index (χ3v) is 4.72. The summed E-state index contributed by atoms with van der Waals surface area (Å²) in [5.41, 5.74) is 3.20. The number of anilines is 1. The van der Waals surface area contributed by atoms with Crippen molar-refractivity contribution in [2.24, 2.45) is 0 Å². The van der Waals surface area contributed by atoms with Gasteiger partial charge in [-0.05, 0) is 61.0 Å². The minimum Gasteiger partial charge on any atom is -0.436 e. The van der Waals surface area contributed by atoms with Gasteiger partial charge in [0.15, 0.2) is 5.76 Å². The number of rotatable bonds is 4. The topological polar surface area (TPSA) is 55.1 Å². The van der Waals surface area contributed by atoms with Gasteiger partial charge in [-0.15, -0.1) is 0 Å². The average molecular weight is 407 g/mol. The molecule has 0 atom stereocenters. The Hall–Kier alpha value is -3.44. The molecule has 1 heterocycles. The van der Waals surface area contributed by atoms with Crippen molar-refractivity contribution in [3.8, 4) is 22.8 Å². The first-order valence-corrected chi connectivity index (χ1v) is 9.28. The highest BCUT2D eigenvalue weighted by Gasteiger charge is 2.17. The first kappa shape index (κ1) is 18.9. The lowest BCUT2D eigenvalue weighted by molar-refractivity contribution is 0.102. The van der Waals surface area contributed by atoms with Crippen LogP contribution >= 0.6 is 11.6 Å². The summed E-state index contributed by atoms with van der Waals surface area (Å²) in [5.74, 6) is 0.165. The van der Waals surface area contributed by atoms with Crippen LogP contribution in [0.4, 0.5) is 10.1 Å². The number of oxazole rings is 1. The van der Waals surface area contributed by atoms with Gasteiger partial charge >= 0.3 is 0 Å². The van der Waals surface area contributed by atoms with Crippen LogP contribution in [0, 0.1) is 12.7 Å². The zero-order valence-corrected chi connectivity index (χ0v) is 16.2. The number of hydrogen-bond acceptors (Lipinski definition) is 3. The van der Waals surface area contributed by atoms with Gasteiger partial charge in [0.25, 0.3) is 5.91 Å². The normalized spacial score (nSPS) is 10.7. The monoisotopic (exact) mass is 406 g/mol. The average Bonchev–Trinajstić information content (AvgIpc) is 3.21. The summed E-state index contributed by atoms with van der Waals surface area (Å²) < 4.78 is 19.0. The van der Waals surface area contributed by atoms with Crippen LogP contribution in [0.5, 0.6) is 0 Å². The third kappa shape index (κ3) is 4.05. The molecule has 0 fully saturated rings. The van der Waals surface area contributed by atoms with Crippen molar-refractivity contribution >= 4 is 23.2 Å². The molecule has 4 rings (SSSR count). The Morgan fingerprint density at radius 3 is 2.62 bits per heavy atom. The van der Waals surface area contributed by atoms with Gasteiger partial charge in [-0.1, -0.05) is 29.8 Å². The molecule has 0 saturated heterocycles. The van der Waals surface area contributed by atoms with Crippen LogP contribution in [0.1, 0.15) is 15.9 Å². The molecule has 0 radical (unpaired) electrons. The van der Waals surface area contributed by atoms with E-state index in [0.717, 1.165) is 5.56 Å². The fraction of sp³-hybridized carbons (Fsp3) is 0.0435. The highest BCUT2D eigenvalue weighted by molar-refractivity contribution is 6.31. The zero-order chi connectivity index (χ0) is 20.4. The molecule has 0 aliphatic carbocycles. The minimum atomic E-state index is -0.327. The number of aryl methyl sites for hydroxylation is 1. The van der Waals surface area contributed by atoms with E-state index in [1.165, 1.54) is 12.1 Å². The van der Waals surface area contributed by atoms with E-state index in [0.29, 0.717) is 39.1 Å². The van der Waals surface area contributed by atoms with Crippen LogP contribution in [0.3, 0.4) is 0 Å². The fourth-order valence-electron chi connectivity index (χ4n) is 2.93. The maximum atomic E-state index is 13.1. The molecule has 0 saturated carbocycles. The SMILES string of the molecule is Cc1ccc(Cl)cc1NC(=O)c1ccccc1-c1ncc(-c2ccc(F)cc2)o1. The summed E-state index contributed by atoms with van der Waals surface area (Å²) in [6, 6.07) is 18.3. The molecule has 3 aromatic carbocycles. The lowest BCUT2D eigenvalue weighted by Gasteiger charge is -2.11. The molecule has 144 valence electrons. The van der Waals surface area contributed by atoms with Gasteiger partial charge < -0.3 is 9.73 Å². The number of amides is 1. The standard InChI is InChI=1S/C23H16ClFN2O2/c1-14-6-9-16(24)12-20(14)27-22(28)18-4-2-3-5-19(18)23-26-13-21(29-23)15-7-10-17(25)11-8-15/h2-13H,1H3,(H,27,28). The van der Waals surface area contributed by atoms with Gasteiger partial charge in [0.2, 0.25) is 5.89 Å². The third-order valence-electron chi connectivity index (χ3n) is 4.48. The molecule has 1 amide bonds. The van der Waals surface area contributed by atoms with Crippen LogP contribution in [0.15, 0.2) is 77.3 Å². The molecule has 0 unspecified atom stereocenters. The van der Waals surface area contributed by atoms with Crippen molar-refractivity contribution < 1.29 is 13.6 Å². The molecule has 0 bridgehead atoms. The van der Waals surface area contributed by atoms with Crippen molar-refractivity contribution in [1.29, 1.82) is 0 Å². The Morgan fingerprint density at radius 2 is 1.83 bits per heavy atom. The molecule has 0 aliphatic rings. The number of benzene rings is 3. The van der Waals surface area contributed by atoms with E-state index in [2.05, 4.69) is 10.3 Å². The zero-order valence-electron chi connectivity index (χ0n) is 15.4. The molecule has 4 aromatic rings.